The maximum absolute atomic E-state index is 6.08. The lowest BCUT2D eigenvalue weighted by atomic mass is 10.2. The Morgan fingerprint density at radius 2 is 1.96 bits per heavy atom. The summed E-state index contributed by atoms with van der Waals surface area (Å²) >= 11 is 7.50. The number of hydrogen-bond acceptors (Lipinski definition) is 5. The summed E-state index contributed by atoms with van der Waals surface area (Å²) in [6.07, 6.45) is 0. The van der Waals surface area contributed by atoms with Gasteiger partial charge < -0.3 is 10.6 Å². The molecule has 24 heavy (non-hydrogen) atoms. The van der Waals surface area contributed by atoms with Gasteiger partial charge in [-0.05, 0) is 31.2 Å². The van der Waals surface area contributed by atoms with Gasteiger partial charge in [0.2, 0.25) is 5.16 Å². The molecule has 0 unspecified atom stereocenters. The molecule has 7 heteroatoms. The first-order chi connectivity index (χ1) is 11.6. The lowest BCUT2D eigenvalue weighted by Crippen LogP contribution is -2.12. The predicted octanol–water partition coefficient (Wildman–Crippen LogP) is 3.79. The number of nitrogen functional groups attached to an aromatic ring is 1. The van der Waals surface area contributed by atoms with Crippen LogP contribution in [0.3, 0.4) is 0 Å². The first-order valence-corrected chi connectivity index (χ1v) is 8.78. The summed E-state index contributed by atoms with van der Waals surface area (Å²) in [7, 11) is 0. The fourth-order valence-corrected chi connectivity index (χ4v) is 2.99. The van der Waals surface area contributed by atoms with Crippen molar-refractivity contribution in [2.75, 3.05) is 18.2 Å². The third-order valence-corrected chi connectivity index (χ3v) is 4.49. The van der Waals surface area contributed by atoms with Crippen LogP contribution in [0.5, 0.6) is 5.75 Å². The smallest absolute Gasteiger partial charge is 0.210 e. The molecule has 1 heterocycles. The molecule has 1 aromatic heterocycles. The Kier molecular flexibility index (Phi) is 5.27. The number of thioether (sulfide) groups is 1. The molecule has 0 bridgehead atoms. The van der Waals surface area contributed by atoms with Gasteiger partial charge in [0.15, 0.2) is 5.82 Å². The number of benzene rings is 2. The number of ether oxygens (including phenoxy) is 1. The summed E-state index contributed by atoms with van der Waals surface area (Å²) in [6, 6.07) is 15.3. The van der Waals surface area contributed by atoms with E-state index in [-0.39, 0.29) is 0 Å². The van der Waals surface area contributed by atoms with E-state index in [1.165, 1.54) is 22.0 Å². The lowest BCUT2D eigenvalue weighted by molar-refractivity contribution is 0.344. The van der Waals surface area contributed by atoms with E-state index in [2.05, 4.69) is 10.2 Å². The van der Waals surface area contributed by atoms with Crippen molar-refractivity contribution in [2.45, 2.75) is 12.1 Å². The normalized spacial score (nSPS) is 10.8. The molecule has 0 saturated heterocycles. The molecule has 0 amide bonds. The molecule has 0 aliphatic carbocycles. The van der Waals surface area contributed by atoms with Crippen LogP contribution in [0.15, 0.2) is 53.7 Å². The van der Waals surface area contributed by atoms with Gasteiger partial charge in [-0.25, -0.2) is 4.68 Å². The Hall–Kier alpha value is -2.18. The lowest BCUT2D eigenvalue weighted by Gasteiger charge is -2.06. The maximum atomic E-state index is 6.08. The van der Waals surface area contributed by atoms with Gasteiger partial charge >= 0.3 is 0 Å². The second kappa shape index (κ2) is 7.59. The number of aromatic nitrogens is 3. The van der Waals surface area contributed by atoms with Crippen LogP contribution in [-0.4, -0.2) is 27.2 Å². The van der Waals surface area contributed by atoms with Gasteiger partial charge in [-0.2, -0.15) is 0 Å². The number of rotatable bonds is 6. The van der Waals surface area contributed by atoms with Crippen LogP contribution in [-0.2, 0) is 0 Å². The van der Waals surface area contributed by atoms with Crippen LogP contribution < -0.4 is 10.6 Å². The number of nitrogens with zero attached hydrogens (tertiary/aromatic N) is 3. The molecular formula is C17H17ClN4OS. The topological polar surface area (TPSA) is 66.0 Å². The Morgan fingerprint density at radius 1 is 1.17 bits per heavy atom. The molecule has 0 spiro atoms. The van der Waals surface area contributed by atoms with Crippen molar-refractivity contribution >= 4 is 23.4 Å². The molecule has 0 aliphatic heterocycles. The van der Waals surface area contributed by atoms with E-state index < -0.39 is 0 Å². The minimum absolute atomic E-state index is 0.563. The third kappa shape index (κ3) is 4.01. The van der Waals surface area contributed by atoms with E-state index in [1.807, 2.05) is 49.4 Å². The van der Waals surface area contributed by atoms with Gasteiger partial charge in [0.25, 0.3) is 0 Å². The summed E-state index contributed by atoms with van der Waals surface area (Å²) in [5.74, 6) is 8.24. The molecule has 3 aromatic rings. The fourth-order valence-electron chi connectivity index (χ4n) is 2.13. The van der Waals surface area contributed by atoms with Crippen LogP contribution in [0.25, 0.3) is 11.4 Å². The van der Waals surface area contributed by atoms with Crippen LogP contribution >= 0.6 is 23.4 Å². The Balaban J connectivity index is 1.57. The highest BCUT2D eigenvalue weighted by molar-refractivity contribution is 7.99. The summed E-state index contributed by atoms with van der Waals surface area (Å²) in [6.45, 7) is 2.61. The highest BCUT2D eigenvalue weighted by Gasteiger charge is 2.12. The molecule has 124 valence electrons. The van der Waals surface area contributed by atoms with E-state index in [0.717, 1.165) is 17.1 Å². The highest BCUT2D eigenvalue weighted by atomic mass is 35.5. The third-order valence-electron chi connectivity index (χ3n) is 3.35. The minimum atomic E-state index is 0.563. The molecule has 0 aliphatic rings. The van der Waals surface area contributed by atoms with Crippen molar-refractivity contribution in [3.8, 4) is 17.1 Å². The minimum Gasteiger partial charge on any atom is -0.493 e. The maximum Gasteiger partial charge on any atom is 0.210 e. The highest BCUT2D eigenvalue weighted by Crippen LogP contribution is 2.23. The van der Waals surface area contributed by atoms with E-state index in [9.17, 15) is 0 Å². The number of hydrogen-bond donors (Lipinski definition) is 1. The summed E-state index contributed by atoms with van der Waals surface area (Å²) < 4.78 is 7.17. The largest absolute Gasteiger partial charge is 0.493 e. The van der Waals surface area contributed by atoms with Crippen molar-refractivity contribution in [3.63, 3.8) is 0 Å². The van der Waals surface area contributed by atoms with E-state index in [0.29, 0.717) is 22.6 Å². The molecule has 2 N–H and O–H groups in total. The molecule has 0 fully saturated rings. The number of aryl methyl sites for hydroxylation is 1. The Morgan fingerprint density at radius 3 is 2.71 bits per heavy atom. The van der Waals surface area contributed by atoms with Gasteiger partial charge in [0.1, 0.15) is 5.75 Å². The molecule has 5 nitrogen and oxygen atoms in total. The zero-order chi connectivity index (χ0) is 16.9. The summed E-state index contributed by atoms with van der Waals surface area (Å²) in [5.41, 5.74) is 2.04. The van der Waals surface area contributed by atoms with Crippen LogP contribution in [0.2, 0.25) is 5.02 Å². The van der Waals surface area contributed by atoms with Crippen molar-refractivity contribution in [3.05, 3.63) is 59.1 Å². The van der Waals surface area contributed by atoms with Crippen molar-refractivity contribution < 1.29 is 4.74 Å². The van der Waals surface area contributed by atoms with Gasteiger partial charge in [-0.3, -0.25) is 0 Å². The summed E-state index contributed by atoms with van der Waals surface area (Å²) in [5, 5.41) is 9.54. The molecule has 3 rings (SSSR count). The summed E-state index contributed by atoms with van der Waals surface area (Å²) in [4.78, 5) is 0. The SMILES string of the molecule is Cc1ccc(OCCSc2nnc(-c3cccc(Cl)c3)n2N)cc1. The second-order valence-electron chi connectivity index (χ2n) is 5.20. The van der Waals surface area contributed by atoms with Gasteiger partial charge in [-0.15, -0.1) is 10.2 Å². The quantitative estimate of drug-likeness (QED) is 0.411. The predicted molar refractivity (Wildman–Crippen MR) is 98.0 cm³/mol. The van der Waals surface area contributed by atoms with Gasteiger partial charge in [-0.1, -0.05) is 53.2 Å². The zero-order valence-corrected chi connectivity index (χ0v) is 14.7. The first kappa shape index (κ1) is 16.7. The van der Waals surface area contributed by atoms with E-state index in [4.69, 9.17) is 22.2 Å². The Bertz CT molecular complexity index is 820. The number of halogens is 1. The average molecular weight is 361 g/mol. The number of nitrogens with two attached hydrogens (primary N) is 1. The Labute approximate surface area is 149 Å². The molecule has 0 radical (unpaired) electrons. The van der Waals surface area contributed by atoms with Gasteiger partial charge in [0.05, 0.1) is 6.61 Å². The van der Waals surface area contributed by atoms with E-state index in [1.54, 1.807) is 6.07 Å². The first-order valence-electron chi connectivity index (χ1n) is 7.42. The molecule has 2 aromatic carbocycles. The van der Waals surface area contributed by atoms with Crippen molar-refractivity contribution in [1.82, 2.24) is 14.9 Å². The molecule has 0 saturated carbocycles. The monoisotopic (exact) mass is 360 g/mol. The standard InChI is InChI=1S/C17H17ClN4OS/c1-12-5-7-15(8-6-12)23-9-10-24-17-21-20-16(22(17)19)13-3-2-4-14(18)11-13/h2-8,11H,9-10,19H2,1H3. The molecular weight excluding hydrogens is 344 g/mol. The van der Waals surface area contributed by atoms with Crippen molar-refractivity contribution in [1.29, 1.82) is 0 Å². The van der Waals surface area contributed by atoms with Crippen LogP contribution in [0.4, 0.5) is 0 Å². The fraction of sp³-hybridized carbons (Fsp3) is 0.176. The zero-order valence-electron chi connectivity index (χ0n) is 13.1. The van der Waals surface area contributed by atoms with Crippen molar-refractivity contribution in [2.24, 2.45) is 0 Å². The van der Waals surface area contributed by atoms with Crippen LogP contribution in [0.1, 0.15) is 5.56 Å². The van der Waals surface area contributed by atoms with E-state index >= 15 is 0 Å². The van der Waals surface area contributed by atoms with Gasteiger partial charge in [0, 0.05) is 16.3 Å². The van der Waals surface area contributed by atoms with Crippen LogP contribution in [0, 0.1) is 6.92 Å². The molecule has 0 atom stereocenters. The average Bonchev–Trinajstić information content (AvgIpc) is 2.94. The second-order valence-corrected chi connectivity index (χ2v) is 6.70.